The van der Waals surface area contributed by atoms with Gasteiger partial charge in [0.15, 0.2) is 0 Å². The summed E-state index contributed by atoms with van der Waals surface area (Å²) in [5.41, 5.74) is 0.109. The number of aryl methyl sites for hydroxylation is 1. The van der Waals surface area contributed by atoms with Crippen molar-refractivity contribution in [1.29, 1.82) is 0 Å². The second kappa shape index (κ2) is 5.66. The molecule has 0 saturated heterocycles. The molecule has 0 fully saturated rings. The zero-order valence-corrected chi connectivity index (χ0v) is 11.3. The number of rotatable bonds is 4. The molecule has 0 radical (unpaired) electrons. The molecular formula is C14H16F3N3. The van der Waals surface area contributed by atoms with Crippen LogP contribution in [-0.4, -0.2) is 16.1 Å². The summed E-state index contributed by atoms with van der Waals surface area (Å²) in [5.74, 6) is 0.651. The maximum absolute atomic E-state index is 13.1. The van der Waals surface area contributed by atoms with Gasteiger partial charge >= 0.3 is 6.18 Å². The molecule has 0 amide bonds. The Kier molecular flexibility index (Phi) is 4.13. The van der Waals surface area contributed by atoms with Crippen molar-refractivity contribution >= 4 is 0 Å². The molecule has 0 aliphatic rings. The van der Waals surface area contributed by atoms with Gasteiger partial charge in [-0.2, -0.15) is 13.2 Å². The first-order chi connectivity index (χ1) is 9.43. The van der Waals surface area contributed by atoms with Crippen molar-refractivity contribution in [1.82, 2.24) is 14.9 Å². The maximum Gasteiger partial charge on any atom is 0.416 e. The average Bonchev–Trinajstić information content (AvgIpc) is 2.81. The van der Waals surface area contributed by atoms with E-state index in [1.165, 1.54) is 12.1 Å². The van der Waals surface area contributed by atoms with Crippen LogP contribution in [0.15, 0.2) is 30.6 Å². The molecule has 20 heavy (non-hydrogen) atoms. The highest BCUT2D eigenvalue weighted by molar-refractivity contribution is 5.43. The van der Waals surface area contributed by atoms with E-state index < -0.39 is 11.7 Å². The fraction of sp³-hybridized carbons (Fsp3) is 0.357. The highest BCUT2D eigenvalue weighted by Crippen LogP contribution is 2.33. The minimum atomic E-state index is -4.37. The third-order valence-electron chi connectivity index (χ3n) is 3.07. The summed E-state index contributed by atoms with van der Waals surface area (Å²) in [7, 11) is 0. The van der Waals surface area contributed by atoms with Gasteiger partial charge < -0.3 is 9.88 Å². The van der Waals surface area contributed by atoms with Crippen LogP contribution in [0, 0.1) is 6.92 Å². The largest absolute Gasteiger partial charge is 0.416 e. The van der Waals surface area contributed by atoms with Crippen LogP contribution in [0.5, 0.6) is 0 Å². The molecule has 108 valence electrons. The second-order valence-corrected chi connectivity index (χ2v) is 4.46. The molecule has 0 unspecified atom stereocenters. The van der Waals surface area contributed by atoms with E-state index in [0.717, 1.165) is 0 Å². The topological polar surface area (TPSA) is 29.9 Å². The summed E-state index contributed by atoms with van der Waals surface area (Å²) in [5, 5.41) is 2.92. The molecular weight excluding hydrogens is 267 g/mol. The number of halogens is 3. The van der Waals surface area contributed by atoms with Gasteiger partial charge in [0.2, 0.25) is 0 Å². The van der Waals surface area contributed by atoms with Crippen LogP contribution in [0.25, 0.3) is 5.69 Å². The molecule has 0 aliphatic heterocycles. The number of alkyl halides is 3. The fourth-order valence-corrected chi connectivity index (χ4v) is 2.04. The van der Waals surface area contributed by atoms with Crippen molar-refractivity contribution in [2.24, 2.45) is 0 Å². The summed E-state index contributed by atoms with van der Waals surface area (Å²) in [6, 6.07) is 4.36. The lowest BCUT2D eigenvalue weighted by atomic mass is 10.1. The van der Waals surface area contributed by atoms with Gasteiger partial charge in [0.1, 0.15) is 5.82 Å². The van der Waals surface area contributed by atoms with Crippen molar-refractivity contribution in [2.75, 3.05) is 6.54 Å². The van der Waals surface area contributed by atoms with Crippen molar-refractivity contribution in [3.63, 3.8) is 0 Å². The third kappa shape index (κ3) is 3.01. The smallest absolute Gasteiger partial charge is 0.313 e. The summed E-state index contributed by atoms with van der Waals surface area (Å²) in [6.07, 6.45) is -1.15. The second-order valence-electron chi connectivity index (χ2n) is 4.46. The van der Waals surface area contributed by atoms with E-state index in [9.17, 15) is 13.2 Å². The van der Waals surface area contributed by atoms with E-state index in [1.54, 1.807) is 30.0 Å². The van der Waals surface area contributed by atoms with Crippen molar-refractivity contribution in [3.8, 4) is 5.69 Å². The molecule has 1 N–H and O–H groups in total. The first kappa shape index (κ1) is 14.6. The van der Waals surface area contributed by atoms with Gasteiger partial charge in [-0.3, -0.25) is 0 Å². The Bertz CT molecular complexity index is 588. The van der Waals surface area contributed by atoms with Gasteiger partial charge in [-0.15, -0.1) is 0 Å². The van der Waals surface area contributed by atoms with Gasteiger partial charge in [0.05, 0.1) is 5.56 Å². The van der Waals surface area contributed by atoms with E-state index in [4.69, 9.17) is 0 Å². The summed E-state index contributed by atoms with van der Waals surface area (Å²) in [4.78, 5) is 4.03. The first-order valence-corrected chi connectivity index (χ1v) is 6.34. The van der Waals surface area contributed by atoms with E-state index in [2.05, 4.69) is 10.3 Å². The van der Waals surface area contributed by atoms with Gasteiger partial charge in [-0.25, -0.2) is 4.98 Å². The number of aromatic nitrogens is 2. The maximum atomic E-state index is 13.1. The first-order valence-electron chi connectivity index (χ1n) is 6.34. The Morgan fingerprint density at radius 3 is 2.60 bits per heavy atom. The zero-order valence-electron chi connectivity index (χ0n) is 11.3. The summed E-state index contributed by atoms with van der Waals surface area (Å²) in [6.45, 7) is 4.44. The lowest BCUT2D eigenvalue weighted by molar-refractivity contribution is -0.138. The molecule has 0 spiro atoms. The highest BCUT2D eigenvalue weighted by atomic mass is 19.4. The Morgan fingerprint density at radius 2 is 2.05 bits per heavy atom. The van der Waals surface area contributed by atoms with Crippen LogP contribution >= 0.6 is 0 Å². The minimum absolute atomic E-state index is 0.203. The third-order valence-corrected chi connectivity index (χ3v) is 3.07. The molecule has 0 saturated carbocycles. The van der Waals surface area contributed by atoms with Crippen LogP contribution in [0.1, 0.15) is 23.9 Å². The van der Waals surface area contributed by atoms with Crippen molar-refractivity contribution in [3.05, 3.63) is 47.5 Å². The monoisotopic (exact) mass is 283 g/mol. The molecule has 1 heterocycles. The van der Waals surface area contributed by atoms with E-state index in [1.807, 2.05) is 6.92 Å². The molecule has 3 nitrogen and oxygen atoms in total. The van der Waals surface area contributed by atoms with E-state index in [-0.39, 0.29) is 12.1 Å². The number of imidazole rings is 1. The minimum Gasteiger partial charge on any atom is -0.313 e. The number of benzene rings is 1. The molecule has 2 rings (SSSR count). The molecule has 1 aromatic carbocycles. The van der Waals surface area contributed by atoms with Crippen LogP contribution in [0.4, 0.5) is 13.2 Å². The van der Waals surface area contributed by atoms with Crippen molar-refractivity contribution in [2.45, 2.75) is 26.6 Å². The predicted octanol–water partition coefficient (Wildman–Crippen LogP) is 3.31. The fourth-order valence-electron chi connectivity index (χ4n) is 2.04. The number of nitrogens with one attached hydrogen (secondary N) is 1. The van der Waals surface area contributed by atoms with Gasteiger partial charge in [-0.05, 0) is 31.2 Å². The van der Waals surface area contributed by atoms with Crippen LogP contribution < -0.4 is 5.32 Å². The number of hydrogen-bond acceptors (Lipinski definition) is 2. The summed E-state index contributed by atoms with van der Waals surface area (Å²) < 4.78 is 41.1. The quantitative estimate of drug-likeness (QED) is 0.933. The Hall–Kier alpha value is -1.82. The SMILES string of the molecule is CCNCc1ccc(-n2ccnc2C)cc1C(F)(F)F. The van der Waals surface area contributed by atoms with Gasteiger partial charge in [0, 0.05) is 24.6 Å². The lowest BCUT2D eigenvalue weighted by Crippen LogP contribution is -2.17. The number of hydrogen-bond donors (Lipinski definition) is 1. The zero-order chi connectivity index (χ0) is 14.8. The van der Waals surface area contributed by atoms with Gasteiger partial charge in [-0.1, -0.05) is 13.0 Å². The predicted molar refractivity (Wildman–Crippen MR) is 70.7 cm³/mol. The molecule has 1 aromatic heterocycles. The molecule has 0 bridgehead atoms. The molecule has 6 heteroatoms. The summed E-state index contributed by atoms with van der Waals surface area (Å²) >= 11 is 0. The molecule has 0 atom stereocenters. The molecule has 0 aliphatic carbocycles. The van der Waals surface area contributed by atoms with E-state index in [0.29, 0.717) is 18.1 Å². The highest BCUT2D eigenvalue weighted by Gasteiger charge is 2.33. The Morgan fingerprint density at radius 1 is 1.30 bits per heavy atom. The average molecular weight is 283 g/mol. The van der Waals surface area contributed by atoms with E-state index >= 15 is 0 Å². The van der Waals surface area contributed by atoms with Gasteiger partial charge in [0.25, 0.3) is 0 Å². The standard InChI is InChI=1S/C14H16F3N3/c1-3-18-9-11-4-5-12(8-13(11)14(15,16)17)20-7-6-19-10(20)2/h4-8,18H,3,9H2,1-2H3. The Balaban J connectivity index is 2.46. The lowest BCUT2D eigenvalue weighted by Gasteiger charge is -2.15. The van der Waals surface area contributed by atoms with Crippen LogP contribution in [0.2, 0.25) is 0 Å². The normalized spacial score (nSPS) is 11.8. The van der Waals surface area contributed by atoms with Crippen LogP contribution in [-0.2, 0) is 12.7 Å². The van der Waals surface area contributed by atoms with Crippen LogP contribution in [0.3, 0.4) is 0 Å². The van der Waals surface area contributed by atoms with Crippen molar-refractivity contribution < 1.29 is 13.2 Å². The molecule has 2 aromatic rings. The number of nitrogens with zero attached hydrogens (tertiary/aromatic N) is 2. The Labute approximate surface area is 115 Å².